The van der Waals surface area contributed by atoms with E-state index < -0.39 is 11.7 Å². The molecule has 0 saturated heterocycles. The molecule has 26 heavy (non-hydrogen) atoms. The molecule has 0 fully saturated rings. The van der Waals surface area contributed by atoms with Crippen LogP contribution in [-0.2, 0) is 6.18 Å². The van der Waals surface area contributed by atoms with E-state index in [2.05, 4.69) is 19.9 Å². The van der Waals surface area contributed by atoms with Crippen molar-refractivity contribution in [3.8, 4) is 23.1 Å². The minimum atomic E-state index is -4.51. The first kappa shape index (κ1) is 16.1. The number of oxazole rings is 1. The number of nitrogens with zero attached hydrogens (tertiary/aromatic N) is 5. The predicted octanol–water partition coefficient (Wildman–Crippen LogP) is 3.50. The van der Waals surface area contributed by atoms with Gasteiger partial charge in [-0.05, 0) is 12.1 Å². The summed E-state index contributed by atoms with van der Waals surface area (Å²) in [5.41, 5.74) is 0.330. The first-order chi connectivity index (χ1) is 12.5. The third-order valence-electron chi connectivity index (χ3n) is 3.67. The summed E-state index contributed by atoms with van der Waals surface area (Å²) in [7, 11) is 1.48. The second-order valence-corrected chi connectivity index (χ2v) is 5.27. The van der Waals surface area contributed by atoms with Crippen molar-refractivity contribution in [3.05, 3.63) is 48.8 Å². The number of aromatic nitrogens is 5. The van der Waals surface area contributed by atoms with Crippen LogP contribution in [0.3, 0.4) is 0 Å². The third kappa shape index (κ3) is 2.65. The Hall–Kier alpha value is -3.43. The van der Waals surface area contributed by atoms with Gasteiger partial charge in [0.05, 0.1) is 24.6 Å². The summed E-state index contributed by atoms with van der Waals surface area (Å²) in [4.78, 5) is 16.4. The molecule has 0 radical (unpaired) electrons. The Kier molecular flexibility index (Phi) is 3.60. The zero-order chi connectivity index (χ0) is 18.3. The van der Waals surface area contributed by atoms with E-state index in [0.29, 0.717) is 17.3 Å². The molecule has 10 heteroatoms. The van der Waals surface area contributed by atoms with Crippen LogP contribution in [0, 0.1) is 0 Å². The first-order valence-corrected chi connectivity index (χ1v) is 7.32. The van der Waals surface area contributed by atoms with E-state index in [-0.39, 0.29) is 17.0 Å². The zero-order valence-electron chi connectivity index (χ0n) is 13.2. The first-order valence-electron chi connectivity index (χ1n) is 7.32. The number of alkyl halides is 3. The number of imidazole rings is 1. The molecular formula is C16H10F3N5O2. The summed E-state index contributed by atoms with van der Waals surface area (Å²) >= 11 is 0. The van der Waals surface area contributed by atoms with Crippen LogP contribution in [0.25, 0.3) is 28.4 Å². The average molecular weight is 361 g/mol. The second kappa shape index (κ2) is 5.83. The number of hydrogen-bond donors (Lipinski definition) is 0. The van der Waals surface area contributed by atoms with Gasteiger partial charge in [-0.3, -0.25) is 4.57 Å². The Morgan fingerprint density at radius 1 is 1.12 bits per heavy atom. The van der Waals surface area contributed by atoms with Gasteiger partial charge in [-0.15, -0.1) is 0 Å². The largest absolute Gasteiger partial charge is 0.481 e. The molecule has 4 aromatic heterocycles. The van der Waals surface area contributed by atoms with E-state index in [1.54, 1.807) is 16.7 Å². The molecule has 0 amide bonds. The van der Waals surface area contributed by atoms with Crippen molar-refractivity contribution in [2.75, 3.05) is 7.11 Å². The highest BCUT2D eigenvalue weighted by atomic mass is 19.4. The number of hydrogen-bond acceptors (Lipinski definition) is 6. The predicted molar refractivity (Wildman–Crippen MR) is 83.7 cm³/mol. The molecule has 4 aromatic rings. The fourth-order valence-corrected chi connectivity index (χ4v) is 2.48. The fourth-order valence-electron chi connectivity index (χ4n) is 2.48. The molecular weight excluding hydrogens is 351 g/mol. The molecule has 0 aromatic carbocycles. The Morgan fingerprint density at radius 3 is 2.58 bits per heavy atom. The van der Waals surface area contributed by atoms with E-state index >= 15 is 0 Å². The quantitative estimate of drug-likeness (QED) is 0.556. The van der Waals surface area contributed by atoms with E-state index in [0.717, 1.165) is 12.3 Å². The highest BCUT2D eigenvalue weighted by Gasteiger charge is 2.32. The lowest BCUT2D eigenvalue weighted by atomic mass is 10.2. The SMILES string of the molecule is COc1ccc(-n2c(-c3cocn3)nc3cc(C(F)(F)F)cnc32)cn1. The van der Waals surface area contributed by atoms with Crippen LogP contribution >= 0.6 is 0 Å². The minimum Gasteiger partial charge on any atom is -0.481 e. The van der Waals surface area contributed by atoms with Gasteiger partial charge < -0.3 is 9.15 Å². The molecule has 0 aliphatic carbocycles. The number of pyridine rings is 2. The van der Waals surface area contributed by atoms with Crippen molar-refractivity contribution in [2.24, 2.45) is 0 Å². The van der Waals surface area contributed by atoms with Crippen molar-refractivity contribution < 1.29 is 22.3 Å². The van der Waals surface area contributed by atoms with Crippen LogP contribution in [0.15, 0.2) is 47.7 Å². The van der Waals surface area contributed by atoms with Crippen LogP contribution in [0.1, 0.15) is 5.56 Å². The maximum absolute atomic E-state index is 13.0. The second-order valence-electron chi connectivity index (χ2n) is 5.27. The Labute approximate surface area is 144 Å². The number of halogens is 3. The topological polar surface area (TPSA) is 78.9 Å². The van der Waals surface area contributed by atoms with Gasteiger partial charge >= 0.3 is 6.18 Å². The highest BCUT2D eigenvalue weighted by Crippen LogP contribution is 2.32. The molecule has 0 aliphatic heterocycles. The molecule has 0 spiro atoms. The van der Waals surface area contributed by atoms with E-state index in [1.165, 1.54) is 26.0 Å². The Balaban J connectivity index is 1.97. The number of ether oxygens (including phenoxy) is 1. The van der Waals surface area contributed by atoms with Gasteiger partial charge in [0.1, 0.15) is 17.5 Å². The van der Waals surface area contributed by atoms with Crippen LogP contribution in [-0.4, -0.2) is 31.6 Å². The number of methoxy groups -OCH3 is 1. The summed E-state index contributed by atoms with van der Waals surface area (Å²) in [6.45, 7) is 0. The lowest BCUT2D eigenvalue weighted by Gasteiger charge is -2.08. The van der Waals surface area contributed by atoms with Crippen molar-refractivity contribution in [1.82, 2.24) is 24.5 Å². The molecule has 0 atom stereocenters. The molecule has 0 saturated carbocycles. The zero-order valence-corrected chi connectivity index (χ0v) is 13.2. The molecule has 132 valence electrons. The molecule has 0 bridgehead atoms. The molecule has 0 N–H and O–H groups in total. The molecule has 7 nitrogen and oxygen atoms in total. The molecule has 0 aliphatic rings. The number of rotatable bonds is 3. The fraction of sp³-hybridized carbons (Fsp3) is 0.125. The average Bonchev–Trinajstić information content (AvgIpc) is 3.28. The summed E-state index contributed by atoms with van der Waals surface area (Å²) in [5.74, 6) is 0.681. The lowest BCUT2D eigenvalue weighted by Crippen LogP contribution is -2.06. The minimum absolute atomic E-state index is 0.0774. The van der Waals surface area contributed by atoms with Crippen LogP contribution in [0.2, 0.25) is 0 Å². The van der Waals surface area contributed by atoms with E-state index in [1.807, 2.05) is 0 Å². The summed E-state index contributed by atoms with van der Waals surface area (Å²) in [6.07, 6.45) is 0.312. The summed E-state index contributed by atoms with van der Waals surface area (Å²) < 4.78 is 50.5. The Morgan fingerprint density at radius 2 is 1.96 bits per heavy atom. The highest BCUT2D eigenvalue weighted by molar-refractivity contribution is 5.79. The van der Waals surface area contributed by atoms with Gasteiger partial charge in [-0.1, -0.05) is 0 Å². The van der Waals surface area contributed by atoms with E-state index in [4.69, 9.17) is 9.15 Å². The molecule has 4 rings (SSSR count). The van der Waals surface area contributed by atoms with Crippen molar-refractivity contribution >= 4 is 11.2 Å². The number of fused-ring (bicyclic) bond motifs is 1. The lowest BCUT2D eigenvalue weighted by molar-refractivity contribution is -0.137. The monoisotopic (exact) mass is 361 g/mol. The van der Waals surface area contributed by atoms with E-state index in [9.17, 15) is 13.2 Å². The van der Waals surface area contributed by atoms with Crippen LogP contribution in [0.5, 0.6) is 5.88 Å². The summed E-state index contributed by atoms with van der Waals surface area (Å²) in [6, 6.07) is 4.26. The van der Waals surface area contributed by atoms with Gasteiger partial charge in [-0.2, -0.15) is 13.2 Å². The summed E-state index contributed by atoms with van der Waals surface area (Å²) in [5, 5.41) is 0. The molecule has 0 unspecified atom stereocenters. The normalized spacial score (nSPS) is 11.8. The standard InChI is InChI=1S/C16H10F3N5O2/c1-25-13-3-2-10(6-20-13)24-14-11(4-9(5-21-14)16(17,18)19)23-15(24)12-7-26-8-22-12/h2-8H,1H3. The van der Waals surface area contributed by atoms with Gasteiger partial charge in [0, 0.05) is 12.3 Å². The maximum Gasteiger partial charge on any atom is 0.417 e. The Bertz CT molecular complexity index is 1060. The van der Waals surface area contributed by atoms with Crippen LogP contribution in [0.4, 0.5) is 13.2 Å². The smallest absolute Gasteiger partial charge is 0.417 e. The van der Waals surface area contributed by atoms with Crippen LogP contribution < -0.4 is 4.74 Å². The van der Waals surface area contributed by atoms with Crippen molar-refractivity contribution in [3.63, 3.8) is 0 Å². The molecule has 4 heterocycles. The van der Waals surface area contributed by atoms with Gasteiger partial charge in [0.15, 0.2) is 17.9 Å². The van der Waals surface area contributed by atoms with Crippen molar-refractivity contribution in [1.29, 1.82) is 0 Å². The van der Waals surface area contributed by atoms with Crippen molar-refractivity contribution in [2.45, 2.75) is 6.18 Å². The maximum atomic E-state index is 13.0. The van der Waals surface area contributed by atoms with Gasteiger partial charge in [0.25, 0.3) is 0 Å². The van der Waals surface area contributed by atoms with Gasteiger partial charge in [-0.25, -0.2) is 19.9 Å². The third-order valence-corrected chi connectivity index (χ3v) is 3.67. The van der Waals surface area contributed by atoms with Gasteiger partial charge in [0.2, 0.25) is 5.88 Å².